The van der Waals surface area contributed by atoms with Gasteiger partial charge in [0.05, 0.1) is 13.7 Å². The molecule has 0 fully saturated rings. The van der Waals surface area contributed by atoms with Gasteiger partial charge in [-0.05, 0) is 30.5 Å². The SMILES string of the molecule is CN=C(NCCNS(=O)(=O)c1cccs1)NCC(C)Oc1ccccc1OC. The molecule has 0 amide bonds. The summed E-state index contributed by atoms with van der Waals surface area (Å²) in [4.78, 5) is 4.12. The first kappa shape index (κ1) is 22.0. The van der Waals surface area contributed by atoms with Crippen molar-refractivity contribution < 1.29 is 17.9 Å². The third-order valence-corrected chi connectivity index (χ3v) is 6.51. The van der Waals surface area contributed by atoms with Crippen LogP contribution in [0, 0.1) is 0 Å². The first-order valence-corrected chi connectivity index (χ1v) is 11.1. The molecule has 2 rings (SSSR count). The van der Waals surface area contributed by atoms with Crippen LogP contribution in [0.15, 0.2) is 51.0 Å². The van der Waals surface area contributed by atoms with Gasteiger partial charge in [-0.2, -0.15) is 0 Å². The lowest BCUT2D eigenvalue weighted by Crippen LogP contribution is -2.44. The third-order valence-electron chi connectivity index (χ3n) is 3.65. The lowest BCUT2D eigenvalue weighted by Gasteiger charge is -2.19. The Hall–Kier alpha value is -2.30. The van der Waals surface area contributed by atoms with Crippen LogP contribution in [-0.2, 0) is 10.0 Å². The average molecular weight is 427 g/mol. The van der Waals surface area contributed by atoms with Crippen molar-refractivity contribution in [3.63, 3.8) is 0 Å². The highest BCUT2D eigenvalue weighted by molar-refractivity contribution is 7.91. The number of aliphatic imine (C=N–C) groups is 1. The van der Waals surface area contributed by atoms with E-state index in [4.69, 9.17) is 9.47 Å². The topological polar surface area (TPSA) is 101 Å². The maximum absolute atomic E-state index is 12.0. The number of thiophene rings is 1. The second kappa shape index (κ2) is 10.9. The third kappa shape index (κ3) is 6.70. The highest BCUT2D eigenvalue weighted by atomic mass is 32.2. The fraction of sp³-hybridized carbons (Fsp3) is 0.389. The molecule has 0 radical (unpaired) electrons. The van der Waals surface area contributed by atoms with Gasteiger partial charge in [0.15, 0.2) is 17.5 Å². The average Bonchev–Trinajstić information content (AvgIpc) is 3.23. The van der Waals surface area contributed by atoms with Gasteiger partial charge in [-0.25, -0.2) is 13.1 Å². The zero-order valence-electron chi connectivity index (χ0n) is 16.1. The predicted octanol–water partition coefficient (Wildman–Crippen LogP) is 1.67. The summed E-state index contributed by atoms with van der Waals surface area (Å²) in [5, 5.41) is 7.94. The van der Waals surface area contributed by atoms with E-state index in [2.05, 4.69) is 20.3 Å². The minimum absolute atomic E-state index is 0.132. The van der Waals surface area contributed by atoms with Gasteiger partial charge in [0, 0.05) is 20.1 Å². The van der Waals surface area contributed by atoms with Gasteiger partial charge in [0.25, 0.3) is 0 Å². The minimum Gasteiger partial charge on any atom is -0.493 e. The van der Waals surface area contributed by atoms with E-state index in [1.54, 1.807) is 31.7 Å². The molecule has 0 spiro atoms. The fourth-order valence-corrected chi connectivity index (χ4v) is 4.36. The van der Waals surface area contributed by atoms with Gasteiger partial charge in [-0.3, -0.25) is 4.99 Å². The Morgan fingerprint density at radius 3 is 2.54 bits per heavy atom. The number of hydrogen-bond acceptors (Lipinski definition) is 6. The Balaban J connectivity index is 1.72. The summed E-state index contributed by atoms with van der Waals surface area (Å²) in [6.07, 6.45) is -0.132. The Labute approximate surface area is 170 Å². The van der Waals surface area contributed by atoms with Gasteiger partial charge >= 0.3 is 0 Å². The Morgan fingerprint density at radius 1 is 1.14 bits per heavy atom. The molecule has 0 saturated heterocycles. The maximum Gasteiger partial charge on any atom is 0.250 e. The molecule has 1 aromatic heterocycles. The summed E-state index contributed by atoms with van der Waals surface area (Å²) in [6.45, 7) is 3.08. The Morgan fingerprint density at radius 2 is 1.89 bits per heavy atom. The molecule has 1 atom stereocenters. The first-order valence-electron chi connectivity index (χ1n) is 8.73. The molecule has 3 N–H and O–H groups in total. The molecule has 0 saturated carbocycles. The normalized spacial score (nSPS) is 13.0. The van der Waals surface area contributed by atoms with E-state index in [9.17, 15) is 8.42 Å². The van der Waals surface area contributed by atoms with Crippen molar-refractivity contribution in [2.45, 2.75) is 17.2 Å². The summed E-state index contributed by atoms with van der Waals surface area (Å²) >= 11 is 1.18. The van der Waals surface area contributed by atoms with E-state index in [0.29, 0.717) is 34.8 Å². The predicted molar refractivity (Wildman–Crippen MR) is 112 cm³/mol. The number of para-hydroxylation sites is 2. The van der Waals surface area contributed by atoms with Crippen molar-refractivity contribution in [1.29, 1.82) is 0 Å². The van der Waals surface area contributed by atoms with Crippen LogP contribution in [0.5, 0.6) is 11.5 Å². The van der Waals surface area contributed by atoms with E-state index < -0.39 is 10.0 Å². The van der Waals surface area contributed by atoms with Crippen LogP contribution in [0.4, 0.5) is 0 Å². The number of nitrogens with one attached hydrogen (secondary N) is 3. The Bertz CT molecular complexity index is 854. The van der Waals surface area contributed by atoms with E-state index in [1.807, 2.05) is 31.2 Å². The lowest BCUT2D eigenvalue weighted by atomic mass is 10.3. The molecule has 0 aliphatic carbocycles. The molecule has 154 valence electrons. The Kier molecular flexibility index (Phi) is 8.55. The summed E-state index contributed by atoms with van der Waals surface area (Å²) in [6, 6.07) is 10.7. The molecule has 0 aliphatic rings. The smallest absolute Gasteiger partial charge is 0.250 e. The van der Waals surface area contributed by atoms with Crippen LogP contribution in [0.25, 0.3) is 0 Å². The van der Waals surface area contributed by atoms with Crippen molar-refractivity contribution in [2.75, 3.05) is 33.8 Å². The largest absolute Gasteiger partial charge is 0.493 e. The van der Waals surface area contributed by atoms with Crippen LogP contribution < -0.4 is 24.8 Å². The van der Waals surface area contributed by atoms with Crippen LogP contribution in [0.2, 0.25) is 0 Å². The molecule has 0 bridgehead atoms. The molecule has 2 aromatic rings. The highest BCUT2D eigenvalue weighted by Crippen LogP contribution is 2.26. The van der Waals surface area contributed by atoms with Crippen molar-refractivity contribution in [3.05, 3.63) is 41.8 Å². The minimum atomic E-state index is -3.45. The van der Waals surface area contributed by atoms with Crippen molar-refractivity contribution in [1.82, 2.24) is 15.4 Å². The molecule has 1 heterocycles. The number of nitrogens with zero attached hydrogens (tertiary/aromatic N) is 1. The fourth-order valence-electron chi connectivity index (χ4n) is 2.29. The molecule has 10 heteroatoms. The number of rotatable bonds is 10. The number of methoxy groups -OCH3 is 1. The van der Waals surface area contributed by atoms with E-state index >= 15 is 0 Å². The zero-order valence-corrected chi connectivity index (χ0v) is 17.8. The molecule has 0 aliphatic heterocycles. The quantitative estimate of drug-likeness (QED) is 0.304. The van der Waals surface area contributed by atoms with Crippen molar-refractivity contribution in [2.24, 2.45) is 4.99 Å². The first-order chi connectivity index (χ1) is 13.5. The summed E-state index contributed by atoms with van der Waals surface area (Å²) in [5.74, 6) is 1.91. The van der Waals surface area contributed by atoms with Crippen molar-refractivity contribution >= 4 is 27.3 Å². The molecular weight excluding hydrogens is 400 g/mol. The molecular formula is C18H26N4O4S2. The summed E-state index contributed by atoms with van der Waals surface area (Å²) < 4.78 is 38.1. The summed E-state index contributed by atoms with van der Waals surface area (Å²) in [5.41, 5.74) is 0. The molecule has 8 nitrogen and oxygen atoms in total. The van der Waals surface area contributed by atoms with Crippen LogP contribution in [0.3, 0.4) is 0 Å². The number of sulfonamides is 1. The monoisotopic (exact) mass is 426 g/mol. The number of benzene rings is 1. The van der Waals surface area contributed by atoms with Gasteiger partial charge in [-0.15, -0.1) is 11.3 Å². The number of guanidine groups is 1. The van der Waals surface area contributed by atoms with Crippen LogP contribution in [-0.4, -0.2) is 54.3 Å². The van der Waals surface area contributed by atoms with E-state index in [1.165, 1.54) is 11.3 Å². The second-order valence-electron chi connectivity index (χ2n) is 5.79. The highest BCUT2D eigenvalue weighted by Gasteiger charge is 2.14. The maximum atomic E-state index is 12.0. The second-order valence-corrected chi connectivity index (χ2v) is 8.73. The molecule has 1 aromatic carbocycles. The van der Waals surface area contributed by atoms with Gasteiger partial charge in [-0.1, -0.05) is 18.2 Å². The van der Waals surface area contributed by atoms with E-state index in [-0.39, 0.29) is 12.6 Å². The number of ether oxygens (including phenoxy) is 2. The zero-order chi connectivity index (χ0) is 20.4. The van der Waals surface area contributed by atoms with Gasteiger partial charge < -0.3 is 20.1 Å². The standard InChI is InChI=1S/C18H26N4O4S2/c1-14(26-16-8-5-4-7-15(16)25-3)13-21-18(19-2)20-10-11-22-28(23,24)17-9-6-12-27-17/h4-9,12,14,22H,10-11,13H2,1-3H3,(H2,19,20,21). The van der Waals surface area contributed by atoms with Gasteiger partial charge in [0.2, 0.25) is 10.0 Å². The van der Waals surface area contributed by atoms with Crippen LogP contribution in [0.1, 0.15) is 6.92 Å². The van der Waals surface area contributed by atoms with Crippen molar-refractivity contribution in [3.8, 4) is 11.5 Å². The van der Waals surface area contributed by atoms with E-state index in [0.717, 1.165) is 0 Å². The van der Waals surface area contributed by atoms with Gasteiger partial charge in [0.1, 0.15) is 10.3 Å². The summed E-state index contributed by atoms with van der Waals surface area (Å²) in [7, 11) is -0.202. The molecule has 28 heavy (non-hydrogen) atoms. The van der Waals surface area contributed by atoms with Crippen LogP contribution >= 0.6 is 11.3 Å². The molecule has 1 unspecified atom stereocenters. The lowest BCUT2D eigenvalue weighted by molar-refractivity contribution is 0.213. The number of hydrogen-bond donors (Lipinski definition) is 3.